The molecule has 2 nitrogen and oxygen atoms in total. The van der Waals surface area contributed by atoms with Gasteiger partial charge < -0.3 is 10.2 Å². The van der Waals surface area contributed by atoms with Crippen molar-refractivity contribution < 1.29 is 10.2 Å². The number of phenolic OH excluding ortho intramolecular Hbond substituents is 2. The summed E-state index contributed by atoms with van der Waals surface area (Å²) in [5.74, 6) is 0.136. The van der Waals surface area contributed by atoms with E-state index in [9.17, 15) is 10.2 Å². The summed E-state index contributed by atoms with van der Waals surface area (Å²) in [5, 5.41) is 22.6. The second kappa shape index (κ2) is 4.52. The number of hydrogen-bond donors (Lipinski definition) is 2. The molecule has 3 aromatic carbocycles. The number of aryl methyl sites for hydroxylation is 1. The van der Waals surface area contributed by atoms with Crippen LogP contribution in [0.15, 0.2) is 54.6 Å². The lowest BCUT2D eigenvalue weighted by Crippen LogP contribution is -2.10. The minimum Gasteiger partial charge on any atom is -0.504 e. The molecule has 0 aliphatic heterocycles. The van der Waals surface area contributed by atoms with E-state index in [2.05, 4.69) is 18.2 Å². The largest absolute Gasteiger partial charge is 0.504 e. The van der Waals surface area contributed by atoms with E-state index in [-0.39, 0.29) is 17.4 Å². The topological polar surface area (TPSA) is 40.5 Å². The lowest BCUT2D eigenvalue weighted by Gasteiger charge is -2.27. The Morgan fingerprint density at radius 2 is 1.71 bits per heavy atom. The maximum Gasteiger partial charge on any atom is 0.161 e. The van der Waals surface area contributed by atoms with Gasteiger partial charge in [-0.2, -0.15) is 0 Å². The number of hydrogen-bond acceptors (Lipinski definition) is 2. The van der Waals surface area contributed by atoms with Crippen LogP contribution >= 0.6 is 0 Å². The Morgan fingerprint density at radius 1 is 0.905 bits per heavy atom. The van der Waals surface area contributed by atoms with Crippen molar-refractivity contribution >= 4 is 10.8 Å². The molecule has 2 heteroatoms. The minimum atomic E-state index is -0.0301. The number of phenols is 2. The third-order valence-electron chi connectivity index (χ3n) is 4.50. The molecule has 0 radical (unpaired) electrons. The fourth-order valence-electron chi connectivity index (χ4n) is 3.55. The highest BCUT2D eigenvalue weighted by atomic mass is 16.3. The molecular formula is C19H16O2. The summed E-state index contributed by atoms with van der Waals surface area (Å²) < 4.78 is 0. The molecule has 0 fully saturated rings. The maximum atomic E-state index is 10.4. The second-order valence-electron chi connectivity index (χ2n) is 5.68. The van der Waals surface area contributed by atoms with E-state index in [1.54, 1.807) is 6.07 Å². The molecule has 1 aliphatic rings. The Hall–Kier alpha value is -2.48. The van der Waals surface area contributed by atoms with Gasteiger partial charge in [-0.1, -0.05) is 48.5 Å². The normalized spacial score (nSPS) is 17.0. The van der Waals surface area contributed by atoms with Gasteiger partial charge in [0, 0.05) is 11.5 Å². The summed E-state index contributed by atoms with van der Waals surface area (Å²) in [6.07, 6.45) is 1.95. The number of rotatable bonds is 1. The fraction of sp³-hybridized carbons (Fsp3) is 0.158. The zero-order valence-corrected chi connectivity index (χ0v) is 11.6. The summed E-state index contributed by atoms with van der Waals surface area (Å²) in [6, 6.07) is 18.0. The first-order valence-corrected chi connectivity index (χ1v) is 7.27. The van der Waals surface area contributed by atoms with E-state index in [4.69, 9.17) is 0 Å². The van der Waals surface area contributed by atoms with E-state index in [0.29, 0.717) is 0 Å². The highest BCUT2D eigenvalue weighted by molar-refractivity contribution is 5.94. The monoisotopic (exact) mass is 276 g/mol. The average Bonchev–Trinajstić information content (AvgIpc) is 2.53. The Labute approximate surface area is 123 Å². The van der Waals surface area contributed by atoms with E-state index >= 15 is 0 Å². The molecular weight excluding hydrogens is 260 g/mol. The summed E-state index contributed by atoms with van der Waals surface area (Å²) in [7, 11) is 0. The zero-order valence-electron chi connectivity index (χ0n) is 11.6. The van der Waals surface area contributed by atoms with Crippen molar-refractivity contribution in [2.45, 2.75) is 18.8 Å². The molecule has 1 atom stereocenters. The van der Waals surface area contributed by atoms with Crippen molar-refractivity contribution in [3.63, 3.8) is 0 Å². The standard InChI is InChI=1S/C19H16O2/c20-16-11-14-8-4-7-13-9-10-15(12-5-2-1-3-6-12)18(17(13)14)19(16)21/h1-8,11,15,20-21H,9-10H2/t15-/m0/s1. The maximum absolute atomic E-state index is 10.4. The Kier molecular flexibility index (Phi) is 2.64. The first kappa shape index (κ1) is 12.3. The van der Waals surface area contributed by atoms with Gasteiger partial charge in [0.15, 0.2) is 11.5 Å². The van der Waals surface area contributed by atoms with E-state index in [0.717, 1.165) is 29.2 Å². The third kappa shape index (κ3) is 1.79. The highest BCUT2D eigenvalue weighted by Gasteiger charge is 2.27. The minimum absolute atomic E-state index is 0.0301. The van der Waals surface area contributed by atoms with Crippen molar-refractivity contribution in [3.8, 4) is 11.5 Å². The van der Waals surface area contributed by atoms with Crippen LogP contribution < -0.4 is 0 Å². The molecule has 2 N–H and O–H groups in total. The number of aromatic hydroxyl groups is 2. The summed E-state index contributed by atoms with van der Waals surface area (Å²) in [6.45, 7) is 0. The molecule has 0 saturated carbocycles. The van der Waals surface area contributed by atoms with Gasteiger partial charge in [-0.05, 0) is 40.8 Å². The molecule has 0 heterocycles. The van der Waals surface area contributed by atoms with Crippen LogP contribution in [-0.4, -0.2) is 10.2 Å². The third-order valence-corrected chi connectivity index (χ3v) is 4.50. The fourth-order valence-corrected chi connectivity index (χ4v) is 3.55. The van der Waals surface area contributed by atoms with Crippen LogP contribution in [-0.2, 0) is 6.42 Å². The Bertz CT molecular complexity index is 822. The van der Waals surface area contributed by atoms with Crippen LogP contribution in [0, 0.1) is 0 Å². The van der Waals surface area contributed by atoms with E-state index < -0.39 is 0 Å². The first-order chi connectivity index (χ1) is 10.3. The van der Waals surface area contributed by atoms with E-state index in [1.807, 2.05) is 30.3 Å². The Balaban J connectivity index is 2.06. The predicted molar refractivity (Wildman–Crippen MR) is 83.9 cm³/mol. The first-order valence-electron chi connectivity index (χ1n) is 7.27. The molecule has 0 saturated heterocycles. The van der Waals surface area contributed by atoms with Crippen LogP contribution in [0.5, 0.6) is 11.5 Å². The van der Waals surface area contributed by atoms with Gasteiger partial charge in [-0.25, -0.2) is 0 Å². The molecule has 0 spiro atoms. The van der Waals surface area contributed by atoms with Gasteiger partial charge in [-0.15, -0.1) is 0 Å². The lowest BCUT2D eigenvalue weighted by atomic mass is 9.77. The average molecular weight is 276 g/mol. The SMILES string of the molecule is Oc1cc2cccc3c2c(c1O)[C@H](c1ccccc1)CC3. The molecule has 0 aromatic heterocycles. The smallest absolute Gasteiger partial charge is 0.161 e. The van der Waals surface area contributed by atoms with Gasteiger partial charge in [0.1, 0.15) is 0 Å². The zero-order chi connectivity index (χ0) is 14.4. The highest BCUT2D eigenvalue weighted by Crippen LogP contribution is 2.48. The molecule has 0 bridgehead atoms. The van der Waals surface area contributed by atoms with Gasteiger partial charge in [-0.3, -0.25) is 0 Å². The molecule has 4 rings (SSSR count). The van der Waals surface area contributed by atoms with Gasteiger partial charge in [0.05, 0.1) is 0 Å². The second-order valence-corrected chi connectivity index (χ2v) is 5.68. The molecule has 0 unspecified atom stereocenters. The van der Waals surface area contributed by atoms with Crippen LogP contribution in [0.4, 0.5) is 0 Å². The molecule has 1 aliphatic carbocycles. The van der Waals surface area contributed by atoms with Crippen LogP contribution in [0.2, 0.25) is 0 Å². The summed E-state index contributed by atoms with van der Waals surface area (Å²) in [5.41, 5.74) is 3.32. The van der Waals surface area contributed by atoms with Crippen LogP contribution in [0.25, 0.3) is 10.8 Å². The van der Waals surface area contributed by atoms with Crippen LogP contribution in [0.3, 0.4) is 0 Å². The quantitative estimate of drug-likeness (QED) is 0.649. The molecule has 21 heavy (non-hydrogen) atoms. The van der Waals surface area contributed by atoms with Gasteiger partial charge >= 0.3 is 0 Å². The Morgan fingerprint density at radius 3 is 2.52 bits per heavy atom. The van der Waals surface area contributed by atoms with Crippen molar-refractivity contribution in [3.05, 3.63) is 71.3 Å². The summed E-state index contributed by atoms with van der Waals surface area (Å²) in [4.78, 5) is 0. The molecule has 3 aromatic rings. The summed E-state index contributed by atoms with van der Waals surface area (Å²) >= 11 is 0. The van der Waals surface area contributed by atoms with Crippen molar-refractivity contribution in [1.29, 1.82) is 0 Å². The van der Waals surface area contributed by atoms with Crippen molar-refractivity contribution in [2.24, 2.45) is 0 Å². The number of benzene rings is 3. The lowest BCUT2D eigenvalue weighted by molar-refractivity contribution is 0.397. The van der Waals surface area contributed by atoms with E-state index in [1.165, 1.54) is 11.1 Å². The molecule has 104 valence electrons. The molecule has 0 amide bonds. The predicted octanol–water partition coefficient (Wildman–Crippen LogP) is 4.33. The van der Waals surface area contributed by atoms with Gasteiger partial charge in [0.25, 0.3) is 0 Å². The van der Waals surface area contributed by atoms with Crippen molar-refractivity contribution in [2.75, 3.05) is 0 Å². The van der Waals surface area contributed by atoms with Crippen LogP contribution in [0.1, 0.15) is 29.0 Å². The van der Waals surface area contributed by atoms with Gasteiger partial charge in [0.2, 0.25) is 0 Å². The van der Waals surface area contributed by atoms with Crippen molar-refractivity contribution in [1.82, 2.24) is 0 Å².